The van der Waals surface area contributed by atoms with E-state index in [0.717, 1.165) is 18.6 Å². The van der Waals surface area contributed by atoms with Crippen LogP contribution < -0.4 is 15.4 Å². The summed E-state index contributed by atoms with van der Waals surface area (Å²) < 4.78 is 31.8. The van der Waals surface area contributed by atoms with Gasteiger partial charge in [-0.1, -0.05) is 12.2 Å². The molecule has 2 amide bonds. The van der Waals surface area contributed by atoms with Crippen LogP contribution in [-0.2, 0) is 9.59 Å². The molecule has 2 N–H and O–H groups in total. The number of carbonyl (C=O) groups is 2. The van der Waals surface area contributed by atoms with Gasteiger partial charge in [0, 0.05) is 25.7 Å². The molecule has 33 heavy (non-hydrogen) atoms. The maximum absolute atomic E-state index is 13.6. The van der Waals surface area contributed by atoms with E-state index in [4.69, 9.17) is 4.74 Å². The summed E-state index contributed by atoms with van der Waals surface area (Å²) in [5.41, 5.74) is 0. The Morgan fingerprint density at radius 1 is 1.15 bits per heavy atom. The van der Waals surface area contributed by atoms with Crippen molar-refractivity contribution in [3.63, 3.8) is 0 Å². The lowest BCUT2D eigenvalue weighted by atomic mass is 9.85. The minimum Gasteiger partial charge on any atom is -0.489 e. The molecule has 0 spiro atoms. The van der Waals surface area contributed by atoms with Gasteiger partial charge in [0.15, 0.2) is 17.5 Å². The van der Waals surface area contributed by atoms with Gasteiger partial charge in [0.1, 0.15) is 12.4 Å². The van der Waals surface area contributed by atoms with Gasteiger partial charge < -0.3 is 15.4 Å². The van der Waals surface area contributed by atoms with E-state index < -0.39 is 11.6 Å². The number of fused-ring (bicyclic) bond motifs is 5. The number of ether oxygens (including phenoxy) is 1. The summed E-state index contributed by atoms with van der Waals surface area (Å²) in [5.74, 6) is -0.788. The Labute approximate surface area is 209 Å². The molecule has 4 unspecified atom stereocenters. The van der Waals surface area contributed by atoms with E-state index in [1.54, 1.807) is 0 Å². The van der Waals surface area contributed by atoms with Gasteiger partial charge in [0.05, 0.1) is 18.4 Å². The Morgan fingerprint density at radius 3 is 2.48 bits per heavy atom. The van der Waals surface area contributed by atoms with E-state index in [9.17, 15) is 18.4 Å². The summed E-state index contributed by atoms with van der Waals surface area (Å²) >= 11 is 0. The molecule has 1 aromatic rings. The molecule has 1 aromatic carbocycles. The smallest absolute Gasteiger partial charge is 0.233 e. The van der Waals surface area contributed by atoms with Crippen molar-refractivity contribution in [1.29, 1.82) is 0 Å². The monoisotopic (exact) mass is 574 g/mol. The quantitative estimate of drug-likeness (QED) is 0.118. The second-order valence-electron chi connectivity index (χ2n) is 8.29. The number of likely N-dealkylation sites (tertiary alicyclic amines) is 1. The standard InChI is InChI=1S/C23H28F2N4O3.HI/c1-2-26-23(28-9-11-32-18-7-6-16(24)13-17(18)25)27-8-3-10-29-21(30)19-14-4-5-15(12-14)20(19)22(29)31;/h4-7,13-15,19-20H,2-3,8-12H2,1H3,(H2,26,27,28);1H. The van der Waals surface area contributed by atoms with Gasteiger partial charge in [0.2, 0.25) is 11.8 Å². The molecule has 2 bridgehead atoms. The number of guanidine groups is 1. The van der Waals surface area contributed by atoms with Crippen LogP contribution in [0.5, 0.6) is 5.75 Å². The summed E-state index contributed by atoms with van der Waals surface area (Å²) in [7, 11) is 0. The van der Waals surface area contributed by atoms with Crippen molar-refractivity contribution >= 4 is 41.8 Å². The molecule has 2 aliphatic carbocycles. The summed E-state index contributed by atoms with van der Waals surface area (Å²) in [5, 5.41) is 6.18. The molecule has 3 aliphatic rings. The van der Waals surface area contributed by atoms with Crippen LogP contribution in [0, 0.1) is 35.3 Å². The summed E-state index contributed by atoms with van der Waals surface area (Å²) in [6.45, 7) is 3.94. The Morgan fingerprint density at radius 2 is 1.85 bits per heavy atom. The number of nitrogens with one attached hydrogen (secondary N) is 2. The molecule has 0 aromatic heterocycles. The summed E-state index contributed by atoms with van der Waals surface area (Å²) in [4.78, 5) is 31.3. The lowest BCUT2D eigenvalue weighted by Crippen LogP contribution is -2.39. The lowest BCUT2D eigenvalue weighted by molar-refractivity contribution is -0.140. The first-order chi connectivity index (χ1) is 15.5. The number of allylic oxidation sites excluding steroid dienone is 2. The molecule has 0 radical (unpaired) electrons. The van der Waals surface area contributed by atoms with Gasteiger partial charge in [-0.3, -0.25) is 19.5 Å². The van der Waals surface area contributed by atoms with Gasteiger partial charge >= 0.3 is 0 Å². The fourth-order valence-corrected chi connectivity index (χ4v) is 4.87. The Kier molecular flexibility index (Phi) is 8.66. The van der Waals surface area contributed by atoms with Crippen molar-refractivity contribution in [2.45, 2.75) is 19.8 Å². The maximum Gasteiger partial charge on any atom is 0.233 e. The molecule has 180 valence electrons. The third-order valence-electron chi connectivity index (χ3n) is 6.26. The Balaban J connectivity index is 0.00000306. The SMILES string of the molecule is CCNC(=NCCCN1C(=O)C2C3C=CC(C3)C2C1=O)NCCOc1ccc(F)cc1F.I. The topological polar surface area (TPSA) is 83.0 Å². The van der Waals surface area contributed by atoms with E-state index in [-0.39, 0.29) is 71.8 Å². The number of nitrogens with zero attached hydrogens (tertiary/aromatic N) is 2. The number of carbonyl (C=O) groups excluding carboxylic acids is 2. The summed E-state index contributed by atoms with van der Waals surface area (Å²) in [6, 6.07) is 3.17. The van der Waals surface area contributed by atoms with Crippen LogP contribution in [0.15, 0.2) is 35.3 Å². The highest BCUT2D eigenvalue weighted by Gasteiger charge is 2.58. The molecule has 1 saturated carbocycles. The van der Waals surface area contributed by atoms with Crippen molar-refractivity contribution in [3.05, 3.63) is 42.0 Å². The average Bonchev–Trinajstić information content (AvgIpc) is 3.44. The fourth-order valence-electron chi connectivity index (χ4n) is 4.87. The van der Waals surface area contributed by atoms with E-state index in [2.05, 4.69) is 27.8 Å². The van der Waals surface area contributed by atoms with Crippen molar-refractivity contribution in [1.82, 2.24) is 15.5 Å². The first-order valence-corrected chi connectivity index (χ1v) is 11.1. The average molecular weight is 574 g/mol. The zero-order chi connectivity index (χ0) is 22.7. The van der Waals surface area contributed by atoms with Crippen LogP contribution in [-0.4, -0.2) is 55.5 Å². The van der Waals surface area contributed by atoms with E-state index >= 15 is 0 Å². The fraction of sp³-hybridized carbons (Fsp3) is 0.522. The van der Waals surface area contributed by atoms with Gasteiger partial charge in [-0.2, -0.15) is 0 Å². The third-order valence-corrected chi connectivity index (χ3v) is 6.26. The van der Waals surface area contributed by atoms with Crippen LogP contribution >= 0.6 is 24.0 Å². The van der Waals surface area contributed by atoms with Crippen molar-refractivity contribution in [3.8, 4) is 5.75 Å². The zero-order valence-corrected chi connectivity index (χ0v) is 20.8. The van der Waals surface area contributed by atoms with Crippen LogP contribution in [0.3, 0.4) is 0 Å². The van der Waals surface area contributed by atoms with Crippen molar-refractivity contribution < 1.29 is 23.1 Å². The number of hydrogen-bond acceptors (Lipinski definition) is 4. The summed E-state index contributed by atoms with van der Waals surface area (Å²) in [6.07, 6.45) is 5.69. The van der Waals surface area contributed by atoms with Crippen molar-refractivity contribution in [2.24, 2.45) is 28.7 Å². The molecule has 4 rings (SSSR count). The zero-order valence-electron chi connectivity index (χ0n) is 18.4. The molecule has 4 atom stereocenters. The minimum atomic E-state index is -0.746. The van der Waals surface area contributed by atoms with Crippen LogP contribution in [0.1, 0.15) is 19.8 Å². The first-order valence-electron chi connectivity index (χ1n) is 11.1. The van der Waals surface area contributed by atoms with Gasteiger partial charge in [-0.15, -0.1) is 24.0 Å². The van der Waals surface area contributed by atoms with Gasteiger partial charge in [0.25, 0.3) is 0 Å². The Hall–Kier alpha value is -2.24. The van der Waals surface area contributed by atoms with Crippen LogP contribution in [0.4, 0.5) is 8.78 Å². The lowest BCUT2D eigenvalue weighted by Gasteiger charge is -2.17. The predicted molar refractivity (Wildman–Crippen MR) is 130 cm³/mol. The molecule has 1 heterocycles. The number of halogens is 3. The molecule has 1 saturated heterocycles. The number of hydrogen-bond donors (Lipinski definition) is 2. The molecule has 2 fully saturated rings. The normalized spacial score (nSPS) is 25.3. The highest BCUT2D eigenvalue weighted by atomic mass is 127. The number of amides is 2. The minimum absolute atomic E-state index is 0. The first kappa shape index (κ1) is 25.4. The maximum atomic E-state index is 13.6. The second-order valence-corrected chi connectivity index (χ2v) is 8.29. The van der Waals surface area contributed by atoms with E-state index in [1.165, 1.54) is 11.0 Å². The highest BCUT2D eigenvalue weighted by Crippen LogP contribution is 2.52. The van der Waals surface area contributed by atoms with E-state index in [1.807, 2.05) is 6.92 Å². The van der Waals surface area contributed by atoms with Crippen LogP contribution in [0.2, 0.25) is 0 Å². The van der Waals surface area contributed by atoms with E-state index in [0.29, 0.717) is 38.6 Å². The van der Waals surface area contributed by atoms with Crippen molar-refractivity contribution in [2.75, 3.05) is 32.8 Å². The number of imide groups is 1. The molecule has 10 heteroatoms. The molecular weight excluding hydrogens is 545 g/mol. The number of benzene rings is 1. The highest BCUT2D eigenvalue weighted by molar-refractivity contribution is 14.0. The molecular formula is C23H29F2IN4O3. The predicted octanol–water partition coefficient (Wildman–Crippen LogP) is 2.71. The van der Waals surface area contributed by atoms with Gasteiger partial charge in [-0.05, 0) is 43.7 Å². The molecule has 7 nitrogen and oxygen atoms in total. The second kappa shape index (κ2) is 11.3. The van der Waals surface area contributed by atoms with Crippen LogP contribution in [0.25, 0.3) is 0 Å². The number of rotatable bonds is 9. The number of aliphatic imine (C=N–C) groups is 1. The largest absolute Gasteiger partial charge is 0.489 e. The van der Waals surface area contributed by atoms with Gasteiger partial charge in [-0.25, -0.2) is 8.78 Å². The molecule has 1 aliphatic heterocycles. The Bertz CT molecular complexity index is 912. The third kappa shape index (κ3) is 5.47.